The second-order valence-electron chi connectivity index (χ2n) is 6.90. The molecule has 2 amide bonds. The van der Waals surface area contributed by atoms with Gasteiger partial charge in [0.25, 0.3) is 0 Å². The van der Waals surface area contributed by atoms with Gasteiger partial charge in [-0.25, -0.2) is 0 Å². The Morgan fingerprint density at radius 1 is 1.26 bits per heavy atom. The second-order valence-corrected chi connectivity index (χ2v) is 6.90. The molecule has 6 heteroatoms. The minimum atomic E-state index is -0.189. The number of carbonyl (C=O) groups is 2. The summed E-state index contributed by atoms with van der Waals surface area (Å²) in [4.78, 5) is 25.9. The molecule has 0 unspecified atom stereocenters. The van der Waals surface area contributed by atoms with Crippen molar-refractivity contribution >= 4 is 17.6 Å². The molecular weight excluding hydrogens is 292 g/mol. The van der Waals surface area contributed by atoms with E-state index in [1.54, 1.807) is 16.6 Å². The van der Waals surface area contributed by atoms with Crippen LogP contribution >= 0.6 is 0 Å². The molecule has 0 bridgehead atoms. The largest absolute Gasteiger partial charge is 0.333 e. The lowest BCUT2D eigenvalue weighted by Crippen LogP contribution is -2.38. The summed E-state index contributed by atoms with van der Waals surface area (Å²) in [6.07, 6.45) is 2.10. The van der Waals surface area contributed by atoms with E-state index >= 15 is 0 Å². The summed E-state index contributed by atoms with van der Waals surface area (Å²) in [6, 6.07) is 1.88. The Balaban J connectivity index is 2.75. The van der Waals surface area contributed by atoms with Crippen LogP contribution in [0.4, 0.5) is 5.82 Å². The molecule has 0 spiro atoms. The van der Waals surface area contributed by atoms with Gasteiger partial charge in [-0.1, -0.05) is 34.6 Å². The van der Waals surface area contributed by atoms with Crippen LogP contribution in [0.1, 0.15) is 59.6 Å². The smallest absolute Gasteiger partial charge is 0.245 e. The molecule has 0 aliphatic carbocycles. The van der Waals surface area contributed by atoms with E-state index < -0.39 is 0 Å². The first kappa shape index (κ1) is 19.2. The van der Waals surface area contributed by atoms with Crippen molar-refractivity contribution in [2.45, 2.75) is 59.3 Å². The number of aromatic nitrogens is 2. The topological polar surface area (TPSA) is 67.2 Å². The number of hydrogen-bond donors (Lipinski definition) is 1. The minimum absolute atomic E-state index is 0.0323. The van der Waals surface area contributed by atoms with Gasteiger partial charge in [0.05, 0.1) is 12.2 Å². The van der Waals surface area contributed by atoms with Crippen molar-refractivity contribution in [3.63, 3.8) is 0 Å². The van der Waals surface area contributed by atoms with Crippen LogP contribution in [0.2, 0.25) is 0 Å². The van der Waals surface area contributed by atoms with Gasteiger partial charge in [-0.2, -0.15) is 5.10 Å². The molecular formula is C17H30N4O2. The van der Waals surface area contributed by atoms with E-state index in [4.69, 9.17) is 0 Å². The summed E-state index contributed by atoms with van der Waals surface area (Å²) in [6.45, 7) is 10.9. The van der Waals surface area contributed by atoms with Gasteiger partial charge in [-0.3, -0.25) is 14.3 Å². The molecule has 1 heterocycles. The zero-order valence-corrected chi connectivity index (χ0v) is 15.3. The minimum Gasteiger partial charge on any atom is -0.333 e. The summed E-state index contributed by atoms with van der Waals surface area (Å²) in [5.74, 6) is 0.496. The van der Waals surface area contributed by atoms with E-state index in [2.05, 4.69) is 31.2 Å². The summed E-state index contributed by atoms with van der Waals surface area (Å²) in [5.41, 5.74) is 0.842. The standard InChI is InChI=1S/C17H30N4O2/c1-7-9-16(23)21(10-8-2)12-15(22)18-14-11-13(17(3,4)5)19-20(14)6/h11H,7-10,12H2,1-6H3,(H,18,22). The van der Waals surface area contributed by atoms with Crippen LogP contribution in [-0.2, 0) is 22.1 Å². The SMILES string of the molecule is CCCC(=O)N(CCC)CC(=O)Nc1cc(C(C)(C)C)nn1C. The fraction of sp³-hybridized carbons (Fsp3) is 0.706. The zero-order valence-electron chi connectivity index (χ0n) is 15.3. The van der Waals surface area contributed by atoms with Gasteiger partial charge in [-0.15, -0.1) is 0 Å². The number of nitrogens with zero attached hydrogens (tertiary/aromatic N) is 3. The van der Waals surface area contributed by atoms with Gasteiger partial charge in [0, 0.05) is 31.5 Å². The number of rotatable bonds is 7. The Kier molecular flexibility index (Phi) is 6.79. The molecule has 1 aromatic rings. The highest BCUT2D eigenvalue weighted by atomic mass is 16.2. The molecule has 0 fully saturated rings. The van der Waals surface area contributed by atoms with Crippen molar-refractivity contribution in [3.05, 3.63) is 11.8 Å². The average molecular weight is 322 g/mol. The summed E-state index contributed by atoms with van der Waals surface area (Å²) in [5, 5.41) is 7.29. The van der Waals surface area contributed by atoms with Crippen molar-refractivity contribution in [1.82, 2.24) is 14.7 Å². The quantitative estimate of drug-likeness (QED) is 0.839. The average Bonchev–Trinajstić information content (AvgIpc) is 2.80. The number of hydrogen-bond acceptors (Lipinski definition) is 3. The van der Waals surface area contributed by atoms with Gasteiger partial charge in [0.1, 0.15) is 5.82 Å². The Bertz CT molecular complexity index is 543. The highest BCUT2D eigenvalue weighted by Gasteiger charge is 2.21. The molecule has 0 aromatic carbocycles. The molecule has 0 radical (unpaired) electrons. The lowest BCUT2D eigenvalue weighted by Gasteiger charge is -2.21. The Morgan fingerprint density at radius 2 is 1.91 bits per heavy atom. The number of nitrogens with one attached hydrogen (secondary N) is 1. The molecule has 130 valence electrons. The van der Waals surface area contributed by atoms with Gasteiger partial charge in [0.15, 0.2) is 0 Å². The monoisotopic (exact) mass is 322 g/mol. The third-order valence-electron chi connectivity index (χ3n) is 3.56. The van der Waals surface area contributed by atoms with E-state index in [0.717, 1.165) is 18.5 Å². The van der Waals surface area contributed by atoms with E-state index in [1.165, 1.54) is 0 Å². The second kappa shape index (κ2) is 8.13. The highest BCUT2D eigenvalue weighted by molar-refractivity contribution is 5.94. The Hall–Kier alpha value is -1.85. The van der Waals surface area contributed by atoms with Crippen molar-refractivity contribution in [2.24, 2.45) is 7.05 Å². The molecule has 0 atom stereocenters. The van der Waals surface area contributed by atoms with Crippen molar-refractivity contribution in [3.8, 4) is 0 Å². The van der Waals surface area contributed by atoms with Crippen LogP contribution in [0.15, 0.2) is 6.07 Å². The molecule has 23 heavy (non-hydrogen) atoms. The molecule has 0 aliphatic rings. The summed E-state index contributed by atoms with van der Waals surface area (Å²) in [7, 11) is 1.80. The number of amides is 2. The van der Waals surface area contributed by atoms with E-state index in [0.29, 0.717) is 18.8 Å². The molecule has 0 aliphatic heterocycles. The third-order valence-corrected chi connectivity index (χ3v) is 3.56. The summed E-state index contributed by atoms with van der Waals surface area (Å²) < 4.78 is 1.66. The van der Waals surface area contributed by atoms with Crippen LogP contribution in [0.3, 0.4) is 0 Å². The Labute approximate surface area is 139 Å². The van der Waals surface area contributed by atoms with Crippen LogP contribution in [0.25, 0.3) is 0 Å². The van der Waals surface area contributed by atoms with Crippen molar-refractivity contribution < 1.29 is 9.59 Å². The molecule has 1 rings (SSSR count). The molecule has 6 nitrogen and oxygen atoms in total. The third kappa shape index (κ3) is 5.69. The highest BCUT2D eigenvalue weighted by Crippen LogP contribution is 2.23. The van der Waals surface area contributed by atoms with E-state index in [9.17, 15) is 9.59 Å². The molecule has 1 N–H and O–H groups in total. The maximum absolute atomic E-state index is 12.3. The predicted octanol–water partition coefficient (Wildman–Crippen LogP) is 2.69. The van der Waals surface area contributed by atoms with Crippen LogP contribution in [0, 0.1) is 0 Å². The Morgan fingerprint density at radius 3 is 2.39 bits per heavy atom. The van der Waals surface area contributed by atoms with Gasteiger partial charge < -0.3 is 10.2 Å². The normalized spacial score (nSPS) is 11.4. The molecule has 1 aromatic heterocycles. The van der Waals surface area contributed by atoms with Crippen LogP contribution in [0.5, 0.6) is 0 Å². The fourth-order valence-electron chi connectivity index (χ4n) is 2.24. The van der Waals surface area contributed by atoms with Gasteiger partial charge in [-0.05, 0) is 12.8 Å². The zero-order chi connectivity index (χ0) is 17.6. The lowest BCUT2D eigenvalue weighted by molar-refractivity contribution is -0.134. The first-order chi connectivity index (χ1) is 10.7. The van der Waals surface area contributed by atoms with Gasteiger partial charge >= 0.3 is 0 Å². The maximum Gasteiger partial charge on any atom is 0.245 e. The van der Waals surface area contributed by atoms with E-state index in [-0.39, 0.29) is 23.8 Å². The van der Waals surface area contributed by atoms with Crippen LogP contribution in [-0.4, -0.2) is 39.6 Å². The lowest BCUT2D eigenvalue weighted by atomic mass is 9.92. The first-order valence-electron chi connectivity index (χ1n) is 8.31. The number of carbonyl (C=O) groups excluding carboxylic acids is 2. The predicted molar refractivity (Wildman–Crippen MR) is 92.3 cm³/mol. The van der Waals surface area contributed by atoms with Crippen LogP contribution < -0.4 is 5.32 Å². The summed E-state index contributed by atoms with van der Waals surface area (Å²) >= 11 is 0. The molecule has 0 saturated carbocycles. The maximum atomic E-state index is 12.3. The van der Waals surface area contributed by atoms with E-state index in [1.807, 2.05) is 19.9 Å². The first-order valence-corrected chi connectivity index (χ1v) is 8.31. The fourth-order valence-corrected chi connectivity index (χ4v) is 2.24. The molecule has 0 saturated heterocycles. The van der Waals surface area contributed by atoms with Gasteiger partial charge in [0.2, 0.25) is 11.8 Å². The number of aryl methyl sites for hydroxylation is 1. The number of anilines is 1. The van der Waals surface area contributed by atoms with Crippen molar-refractivity contribution in [2.75, 3.05) is 18.4 Å². The van der Waals surface area contributed by atoms with Crippen molar-refractivity contribution in [1.29, 1.82) is 0 Å².